The highest BCUT2D eigenvalue weighted by atomic mass is 16.5. The average Bonchev–Trinajstić information content (AvgIpc) is 2.08. The minimum Gasteiger partial charge on any atom is -0.394 e. The third-order valence-corrected chi connectivity index (χ3v) is 1.06. The summed E-state index contributed by atoms with van der Waals surface area (Å²) in [5, 5.41) is 7.94. The van der Waals surface area contributed by atoms with E-state index in [2.05, 4.69) is 11.3 Å². The predicted molar refractivity (Wildman–Crippen MR) is 57.7 cm³/mol. The van der Waals surface area contributed by atoms with E-state index in [1.54, 1.807) is 7.11 Å². The van der Waals surface area contributed by atoms with Gasteiger partial charge in [0.15, 0.2) is 0 Å². The van der Waals surface area contributed by atoms with Crippen molar-refractivity contribution in [1.82, 2.24) is 0 Å². The number of hydrogen-bond donors (Lipinski definition) is 1. The van der Waals surface area contributed by atoms with Crippen LogP contribution in [-0.2, 0) is 4.74 Å². The Morgan fingerprint density at radius 3 is 1.92 bits per heavy atom. The van der Waals surface area contributed by atoms with Crippen molar-refractivity contribution in [1.29, 1.82) is 0 Å². The van der Waals surface area contributed by atoms with E-state index in [9.17, 15) is 0 Å². The van der Waals surface area contributed by atoms with E-state index < -0.39 is 0 Å². The molecule has 2 heteroatoms. The van der Waals surface area contributed by atoms with Crippen LogP contribution >= 0.6 is 0 Å². The molecule has 0 aromatic heterocycles. The zero-order valence-corrected chi connectivity index (χ0v) is 8.79. The van der Waals surface area contributed by atoms with Gasteiger partial charge in [0.1, 0.15) is 0 Å². The Kier molecular flexibility index (Phi) is 15.5. The average molecular weight is 184 g/mol. The van der Waals surface area contributed by atoms with Gasteiger partial charge in [-0.15, -0.1) is 0 Å². The van der Waals surface area contributed by atoms with Crippen molar-refractivity contribution in [3.63, 3.8) is 0 Å². The third kappa shape index (κ3) is 18.3. The molecular weight excluding hydrogens is 164 g/mol. The van der Waals surface area contributed by atoms with Gasteiger partial charge in [-0.3, -0.25) is 0 Å². The van der Waals surface area contributed by atoms with Gasteiger partial charge >= 0.3 is 0 Å². The molecular formula is C11H20O2. The normalized spacial score (nSPS) is 10.2. The molecule has 0 aromatic carbocycles. The Labute approximate surface area is 81.2 Å². The molecule has 0 aliphatic rings. The maximum atomic E-state index is 7.94. The molecule has 1 N–H and O–H groups in total. The number of aliphatic hydroxyl groups excluding tert-OH is 1. The number of hydrogen-bond acceptors (Lipinski definition) is 2. The van der Waals surface area contributed by atoms with Crippen molar-refractivity contribution in [3.8, 4) is 0 Å². The van der Waals surface area contributed by atoms with E-state index in [-0.39, 0.29) is 6.61 Å². The van der Waals surface area contributed by atoms with Gasteiger partial charge in [0.25, 0.3) is 0 Å². The largest absolute Gasteiger partial charge is 0.394 e. The van der Waals surface area contributed by atoms with Crippen LogP contribution in [-0.4, -0.2) is 25.4 Å². The lowest BCUT2D eigenvalue weighted by atomic mass is 10.2. The van der Waals surface area contributed by atoms with Crippen LogP contribution in [0.3, 0.4) is 0 Å². The predicted octanol–water partition coefficient (Wildman–Crippen LogP) is 2.32. The lowest BCUT2D eigenvalue weighted by molar-refractivity contribution is 0.135. The Morgan fingerprint density at radius 1 is 1.31 bits per heavy atom. The molecule has 13 heavy (non-hydrogen) atoms. The molecule has 0 unspecified atom stereocenters. The number of rotatable bonds is 4. The van der Waals surface area contributed by atoms with Gasteiger partial charge in [-0.1, -0.05) is 30.9 Å². The molecule has 0 spiro atoms. The van der Waals surface area contributed by atoms with Gasteiger partial charge in [-0.25, -0.2) is 0 Å². The zero-order chi connectivity index (χ0) is 10.5. The van der Waals surface area contributed by atoms with E-state index in [0.717, 1.165) is 5.57 Å². The highest BCUT2D eigenvalue weighted by molar-refractivity contribution is 5.26. The van der Waals surface area contributed by atoms with E-state index in [1.165, 1.54) is 0 Å². The molecule has 76 valence electrons. The zero-order valence-electron chi connectivity index (χ0n) is 8.79. The minimum absolute atomic E-state index is 0.122. The minimum atomic E-state index is 0.122. The highest BCUT2D eigenvalue weighted by Crippen LogP contribution is 1.92. The van der Waals surface area contributed by atoms with Crippen molar-refractivity contribution in [2.75, 3.05) is 20.3 Å². The molecule has 0 radical (unpaired) electrons. The molecule has 0 amide bonds. The van der Waals surface area contributed by atoms with E-state index in [4.69, 9.17) is 5.11 Å². The maximum absolute atomic E-state index is 7.94. The first-order valence-corrected chi connectivity index (χ1v) is 4.27. The van der Waals surface area contributed by atoms with E-state index >= 15 is 0 Å². The lowest BCUT2D eigenvalue weighted by Crippen LogP contribution is -1.91. The Balaban J connectivity index is 0. The van der Waals surface area contributed by atoms with Crippen molar-refractivity contribution < 1.29 is 9.84 Å². The van der Waals surface area contributed by atoms with Crippen LogP contribution in [0.25, 0.3) is 0 Å². The highest BCUT2D eigenvalue weighted by Gasteiger charge is 1.71. The van der Waals surface area contributed by atoms with Crippen molar-refractivity contribution in [2.45, 2.75) is 13.8 Å². The third-order valence-electron chi connectivity index (χ3n) is 1.06. The van der Waals surface area contributed by atoms with Crippen LogP contribution in [0.2, 0.25) is 0 Å². The second-order valence-corrected chi connectivity index (χ2v) is 2.29. The fraction of sp³-hybridized carbons (Fsp3) is 0.455. The summed E-state index contributed by atoms with van der Waals surface area (Å²) in [7, 11) is 1.55. The van der Waals surface area contributed by atoms with Gasteiger partial charge in [0, 0.05) is 7.11 Å². The van der Waals surface area contributed by atoms with E-state index in [0.29, 0.717) is 6.61 Å². The molecule has 0 aliphatic carbocycles. The molecule has 2 nitrogen and oxygen atoms in total. The number of aliphatic hydroxyl groups is 1. The van der Waals surface area contributed by atoms with Gasteiger partial charge in [0.05, 0.1) is 13.2 Å². The van der Waals surface area contributed by atoms with Crippen molar-refractivity contribution in [2.24, 2.45) is 0 Å². The summed E-state index contributed by atoms with van der Waals surface area (Å²) < 4.78 is 4.44. The fourth-order valence-corrected chi connectivity index (χ4v) is 0.575. The molecule has 0 rings (SSSR count). The Hall–Kier alpha value is -0.860. The van der Waals surface area contributed by atoms with Crippen LogP contribution in [0, 0.1) is 0 Å². The summed E-state index contributed by atoms with van der Waals surface area (Å²) in [6.45, 7) is 8.29. The second kappa shape index (κ2) is 13.7. The molecule has 0 aliphatic heterocycles. The molecule has 0 heterocycles. The van der Waals surface area contributed by atoms with Crippen LogP contribution in [0.15, 0.2) is 36.5 Å². The fourth-order valence-electron chi connectivity index (χ4n) is 0.575. The lowest BCUT2D eigenvalue weighted by Gasteiger charge is -1.84. The summed E-state index contributed by atoms with van der Waals surface area (Å²) in [5.41, 5.74) is 1.05. The molecule has 0 saturated carbocycles. The van der Waals surface area contributed by atoms with Crippen molar-refractivity contribution >= 4 is 0 Å². The summed E-state index contributed by atoms with van der Waals surface area (Å²) in [6, 6.07) is 0. The number of methoxy groups -OCH3 is 1. The topological polar surface area (TPSA) is 29.5 Å². The second-order valence-electron chi connectivity index (χ2n) is 2.29. The van der Waals surface area contributed by atoms with Gasteiger partial charge in [0.2, 0.25) is 0 Å². The first-order valence-electron chi connectivity index (χ1n) is 4.27. The molecule has 0 saturated heterocycles. The summed E-state index contributed by atoms with van der Waals surface area (Å²) in [4.78, 5) is 0. The SMILES string of the molecule is C=C(/C=C\C)/C=C\C.COCCO. The Bertz CT molecular complexity index is 141. The van der Waals surface area contributed by atoms with Crippen LogP contribution in [0.4, 0.5) is 0 Å². The Morgan fingerprint density at radius 2 is 1.77 bits per heavy atom. The first-order chi connectivity index (χ1) is 6.22. The standard InChI is InChI=1S/C8H12.C3H8O2/c1-4-6-8(3)7-5-2;1-5-3-2-4/h4-7H,3H2,1-2H3;4H,2-3H2,1H3/b6-4-,7-5-;. The van der Waals surface area contributed by atoms with Crippen LogP contribution in [0.1, 0.15) is 13.8 Å². The smallest absolute Gasteiger partial charge is 0.0693 e. The van der Waals surface area contributed by atoms with Gasteiger partial charge in [-0.2, -0.15) is 0 Å². The quantitative estimate of drug-likeness (QED) is 0.679. The monoisotopic (exact) mass is 184 g/mol. The molecule has 0 aromatic rings. The van der Waals surface area contributed by atoms with E-state index in [1.807, 2.05) is 38.2 Å². The maximum Gasteiger partial charge on any atom is 0.0693 e. The summed E-state index contributed by atoms with van der Waals surface area (Å²) >= 11 is 0. The molecule has 0 atom stereocenters. The molecule has 0 bridgehead atoms. The summed E-state index contributed by atoms with van der Waals surface area (Å²) in [6.07, 6.45) is 7.89. The van der Waals surface area contributed by atoms with Crippen LogP contribution in [0.5, 0.6) is 0 Å². The first kappa shape index (κ1) is 14.7. The van der Waals surface area contributed by atoms with Crippen LogP contribution < -0.4 is 0 Å². The molecule has 0 fully saturated rings. The van der Waals surface area contributed by atoms with Crippen molar-refractivity contribution in [3.05, 3.63) is 36.5 Å². The van der Waals surface area contributed by atoms with Gasteiger partial charge < -0.3 is 9.84 Å². The van der Waals surface area contributed by atoms with Gasteiger partial charge in [-0.05, 0) is 19.4 Å². The summed E-state index contributed by atoms with van der Waals surface area (Å²) in [5.74, 6) is 0. The number of allylic oxidation sites excluding steroid dienone is 5. The number of ether oxygens (including phenoxy) is 1.